The molecule has 1 aromatic rings. The van der Waals surface area contributed by atoms with Gasteiger partial charge in [-0.05, 0) is 41.4 Å². The Kier molecular flexibility index (Phi) is 6.00. The predicted octanol–water partition coefficient (Wildman–Crippen LogP) is 1.71. The lowest BCUT2D eigenvalue weighted by Crippen LogP contribution is -2.36. The first-order valence-electron chi connectivity index (χ1n) is 5.41. The minimum Gasteiger partial charge on any atom is -0.483 e. The van der Waals surface area contributed by atoms with Gasteiger partial charge in [0.25, 0.3) is 5.91 Å². The van der Waals surface area contributed by atoms with E-state index in [0.717, 1.165) is 4.47 Å². The summed E-state index contributed by atoms with van der Waals surface area (Å²) in [6.45, 7) is 1.87. The molecule has 0 spiro atoms. The van der Waals surface area contributed by atoms with Gasteiger partial charge in [0, 0.05) is 12.6 Å². The Labute approximate surface area is 109 Å². The zero-order valence-corrected chi connectivity index (χ0v) is 11.2. The Morgan fingerprint density at radius 2 is 2.24 bits per heavy atom. The number of ether oxygens (including phenoxy) is 1. The van der Waals surface area contributed by atoms with Crippen LogP contribution in [0.3, 0.4) is 0 Å². The summed E-state index contributed by atoms with van der Waals surface area (Å²) in [7, 11) is 0. The molecule has 2 N–H and O–H groups in total. The van der Waals surface area contributed by atoms with Crippen LogP contribution in [-0.4, -0.2) is 30.3 Å². The van der Waals surface area contributed by atoms with E-state index in [1.807, 2.05) is 25.1 Å². The topological polar surface area (TPSA) is 58.6 Å². The molecule has 0 radical (unpaired) electrons. The van der Waals surface area contributed by atoms with Crippen molar-refractivity contribution >= 4 is 21.8 Å². The monoisotopic (exact) mass is 301 g/mol. The fourth-order valence-corrected chi connectivity index (χ4v) is 1.69. The van der Waals surface area contributed by atoms with Gasteiger partial charge in [0.05, 0.1) is 4.47 Å². The summed E-state index contributed by atoms with van der Waals surface area (Å²) in [6.07, 6.45) is 0.542. The first-order valence-corrected chi connectivity index (χ1v) is 6.20. The number of benzene rings is 1. The van der Waals surface area contributed by atoms with Crippen LogP contribution < -0.4 is 10.1 Å². The first kappa shape index (κ1) is 14.0. The average Bonchev–Trinajstić information content (AvgIpc) is 2.28. The summed E-state index contributed by atoms with van der Waals surface area (Å²) >= 11 is 3.33. The lowest BCUT2D eigenvalue weighted by atomic mass is 10.2. The Bertz CT molecular complexity index is 371. The predicted molar refractivity (Wildman–Crippen MR) is 68.9 cm³/mol. The van der Waals surface area contributed by atoms with Gasteiger partial charge < -0.3 is 15.2 Å². The molecule has 4 nitrogen and oxygen atoms in total. The highest BCUT2D eigenvalue weighted by Crippen LogP contribution is 2.23. The Morgan fingerprint density at radius 1 is 1.53 bits per heavy atom. The lowest BCUT2D eigenvalue weighted by Gasteiger charge is -2.13. The minimum absolute atomic E-state index is 0.0294. The maximum atomic E-state index is 11.5. The van der Waals surface area contributed by atoms with Crippen molar-refractivity contribution in [3.63, 3.8) is 0 Å². The van der Waals surface area contributed by atoms with Crippen molar-refractivity contribution in [3.05, 3.63) is 28.7 Å². The number of halogens is 1. The molecule has 0 saturated heterocycles. The molecule has 94 valence electrons. The zero-order valence-electron chi connectivity index (χ0n) is 9.65. The van der Waals surface area contributed by atoms with Crippen molar-refractivity contribution in [2.45, 2.75) is 19.4 Å². The Morgan fingerprint density at radius 3 is 2.88 bits per heavy atom. The number of aliphatic hydroxyl groups is 1. The van der Waals surface area contributed by atoms with Crippen LogP contribution in [0.2, 0.25) is 0 Å². The number of amides is 1. The maximum absolute atomic E-state index is 11.5. The number of carbonyl (C=O) groups is 1. The Hall–Kier alpha value is -1.07. The molecule has 1 atom stereocenters. The Balaban J connectivity index is 2.36. The van der Waals surface area contributed by atoms with Crippen molar-refractivity contribution < 1.29 is 14.6 Å². The third-order valence-corrected chi connectivity index (χ3v) is 2.82. The largest absolute Gasteiger partial charge is 0.483 e. The van der Waals surface area contributed by atoms with Gasteiger partial charge in [0.15, 0.2) is 6.61 Å². The minimum atomic E-state index is -0.193. The molecule has 0 aliphatic carbocycles. The molecule has 0 fully saturated rings. The van der Waals surface area contributed by atoms with Gasteiger partial charge in [-0.1, -0.05) is 12.1 Å². The van der Waals surface area contributed by atoms with Crippen LogP contribution in [0.4, 0.5) is 0 Å². The quantitative estimate of drug-likeness (QED) is 0.841. The van der Waals surface area contributed by atoms with Gasteiger partial charge in [-0.25, -0.2) is 0 Å². The molecular formula is C12H16BrNO3. The highest BCUT2D eigenvalue weighted by molar-refractivity contribution is 9.10. The summed E-state index contributed by atoms with van der Waals surface area (Å²) in [5.41, 5.74) is 0. The van der Waals surface area contributed by atoms with Gasteiger partial charge in [0.1, 0.15) is 5.75 Å². The van der Waals surface area contributed by atoms with Crippen LogP contribution in [0, 0.1) is 0 Å². The van der Waals surface area contributed by atoms with Crippen LogP contribution >= 0.6 is 15.9 Å². The fourth-order valence-electron chi connectivity index (χ4n) is 1.29. The SMILES string of the molecule is C[C@H](CCO)NC(=O)COc1ccccc1Br. The standard InChI is InChI=1S/C12H16BrNO3/c1-9(6-7-15)14-12(16)8-17-11-5-3-2-4-10(11)13/h2-5,9,15H,6-8H2,1H3,(H,14,16)/t9-/m1/s1. The van der Waals surface area contributed by atoms with Crippen molar-refractivity contribution in [2.75, 3.05) is 13.2 Å². The molecule has 0 aromatic heterocycles. The van der Waals surface area contributed by atoms with E-state index in [0.29, 0.717) is 12.2 Å². The summed E-state index contributed by atoms with van der Waals surface area (Å²) < 4.78 is 6.17. The van der Waals surface area contributed by atoms with E-state index in [1.165, 1.54) is 0 Å². The van der Waals surface area contributed by atoms with Gasteiger partial charge in [-0.15, -0.1) is 0 Å². The number of nitrogens with one attached hydrogen (secondary N) is 1. The number of hydrogen-bond acceptors (Lipinski definition) is 3. The van der Waals surface area contributed by atoms with Crippen LogP contribution in [0.25, 0.3) is 0 Å². The molecular weight excluding hydrogens is 286 g/mol. The van der Waals surface area contributed by atoms with Crippen LogP contribution in [0.1, 0.15) is 13.3 Å². The number of rotatable bonds is 6. The van der Waals surface area contributed by atoms with Gasteiger partial charge in [-0.2, -0.15) is 0 Å². The molecule has 0 aliphatic heterocycles. The molecule has 1 amide bonds. The van der Waals surface area contributed by atoms with Crippen molar-refractivity contribution in [3.8, 4) is 5.75 Å². The van der Waals surface area contributed by atoms with E-state index >= 15 is 0 Å². The summed E-state index contributed by atoms with van der Waals surface area (Å²) in [5, 5.41) is 11.4. The van der Waals surface area contributed by atoms with E-state index in [1.54, 1.807) is 6.07 Å². The molecule has 0 bridgehead atoms. The molecule has 1 rings (SSSR count). The number of carbonyl (C=O) groups excluding carboxylic acids is 1. The van der Waals surface area contributed by atoms with Crippen molar-refractivity contribution in [1.82, 2.24) is 5.32 Å². The lowest BCUT2D eigenvalue weighted by molar-refractivity contribution is -0.123. The van der Waals surface area contributed by atoms with E-state index in [4.69, 9.17) is 9.84 Å². The zero-order chi connectivity index (χ0) is 12.7. The molecule has 0 heterocycles. The van der Waals surface area contributed by atoms with Crippen molar-refractivity contribution in [2.24, 2.45) is 0 Å². The second-order valence-corrected chi connectivity index (χ2v) is 4.55. The fraction of sp³-hybridized carbons (Fsp3) is 0.417. The van der Waals surface area contributed by atoms with Crippen LogP contribution in [-0.2, 0) is 4.79 Å². The van der Waals surface area contributed by atoms with Gasteiger partial charge in [0.2, 0.25) is 0 Å². The highest BCUT2D eigenvalue weighted by atomic mass is 79.9. The van der Waals surface area contributed by atoms with Gasteiger partial charge in [-0.3, -0.25) is 4.79 Å². The van der Waals surface area contributed by atoms with Crippen LogP contribution in [0.5, 0.6) is 5.75 Å². The molecule has 0 saturated carbocycles. The number of para-hydroxylation sites is 1. The molecule has 17 heavy (non-hydrogen) atoms. The summed E-state index contributed by atoms with van der Waals surface area (Å²) in [4.78, 5) is 11.5. The number of aliphatic hydroxyl groups excluding tert-OH is 1. The van der Waals surface area contributed by atoms with Gasteiger partial charge >= 0.3 is 0 Å². The second-order valence-electron chi connectivity index (χ2n) is 3.70. The van der Waals surface area contributed by atoms with E-state index in [9.17, 15) is 4.79 Å². The van der Waals surface area contributed by atoms with E-state index < -0.39 is 0 Å². The molecule has 0 aliphatic rings. The third-order valence-electron chi connectivity index (χ3n) is 2.16. The summed E-state index contributed by atoms with van der Waals surface area (Å²) in [6, 6.07) is 7.30. The normalized spacial score (nSPS) is 11.9. The second kappa shape index (κ2) is 7.29. The number of hydrogen-bond donors (Lipinski definition) is 2. The van der Waals surface area contributed by atoms with E-state index in [-0.39, 0.29) is 25.2 Å². The summed E-state index contributed by atoms with van der Waals surface area (Å²) in [5.74, 6) is 0.444. The highest BCUT2D eigenvalue weighted by Gasteiger charge is 2.08. The van der Waals surface area contributed by atoms with E-state index in [2.05, 4.69) is 21.2 Å². The smallest absolute Gasteiger partial charge is 0.258 e. The maximum Gasteiger partial charge on any atom is 0.258 e. The molecule has 1 aromatic carbocycles. The third kappa shape index (κ3) is 5.19. The van der Waals surface area contributed by atoms with Crippen molar-refractivity contribution in [1.29, 1.82) is 0 Å². The average molecular weight is 302 g/mol. The molecule has 5 heteroatoms. The molecule has 0 unspecified atom stereocenters. The first-order chi connectivity index (χ1) is 8.13. The van der Waals surface area contributed by atoms with Crippen LogP contribution in [0.15, 0.2) is 28.7 Å².